The van der Waals surface area contributed by atoms with Crippen LogP contribution in [0.3, 0.4) is 0 Å². The average molecular weight is 180 g/mol. The molecule has 2 heterocycles. The molecule has 0 aromatic carbocycles. The molecule has 0 unspecified atom stereocenters. The maximum atomic E-state index is 9.19. The highest BCUT2D eigenvalue weighted by Crippen LogP contribution is 2.36. The quantitative estimate of drug-likeness (QED) is 0.687. The molecule has 3 nitrogen and oxygen atoms in total. The molecule has 0 atom stereocenters. The van der Waals surface area contributed by atoms with E-state index in [0.717, 1.165) is 45.6 Å². The fraction of sp³-hybridized carbons (Fsp3) is 0.900. The normalized spacial score (nSPS) is 27.6. The molecular weight excluding hydrogens is 164 g/mol. The van der Waals surface area contributed by atoms with Gasteiger partial charge in [0.05, 0.1) is 24.7 Å². The number of hydrogen-bond acceptors (Lipinski definition) is 3. The van der Waals surface area contributed by atoms with Crippen molar-refractivity contribution in [3.05, 3.63) is 0 Å². The summed E-state index contributed by atoms with van der Waals surface area (Å²) in [6, 6.07) is 2.52. The lowest BCUT2D eigenvalue weighted by molar-refractivity contribution is -0.0511. The van der Waals surface area contributed by atoms with Gasteiger partial charge in [-0.2, -0.15) is 5.26 Å². The van der Waals surface area contributed by atoms with Crippen molar-refractivity contribution in [2.75, 3.05) is 26.3 Å². The summed E-state index contributed by atoms with van der Waals surface area (Å²) in [4.78, 5) is 0. The lowest BCUT2D eigenvalue weighted by Crippen LogP contribution is -2.40. The number of nitrogens with one attached hydrogen (secondary N) is 1. The Hall–Kier alpha value is -0.590. The van der Waals surface area contributed by atoms with Crippen molar-refractivity contribution >= 4 is 0 Å². The third-order valence-corrected chi connectivity index (χ3v) is 3.18. The molecule has 0 aromatic rings. The van der Waals surface area contributed by atoms with Gasteiger partial charge in [-0.25, -0.2) is 0 Å². The van der Waals surface area contributed by atoms with Crippen LogP contribution in [0.5, 0.6) is 0 Å². The first-order valence-electron chi connectivity index (χ1n) is 5.04. The second kappa shape index (κ2) is 3.65. The fourth-order valence-corrected chi connectivity index (χ4v) is 2.22. The van der Waals surface area contributed by atoms with Crippen molar-refractivity contribution in [2.24, 2.45) is 11.3 Å². The Morgan fingerprint density at radius 3 is 2.54 bits per heavy atom. The second-order valence-corrected chi connectivity index (χ2v) is 4.25. The van der Waals surface area contributed by atoms with Crippen LogP contribution in [0.4, 0.5) is 0 Å². The number of nitrogens with zero attached hydrogens (tertiary/aromatic N) is 1. The first kappa shape index (κ1) is 8.98. The summed E-state index contributed by atoms with van der Waals surface area (Å²) >= 11 is 0. The van der Waals surface area contributed by atoms with Crippen LogP contribution in [-0.4, -0.2) is 26.3 Å². The molecule has 72 valence electrons. The Bertz CT molecular complexity index is 211. The van der Waals surface area contributed by atoms with Crippen molar-refractivity contribution in [3.8, 4) is 6.07 Å². The predicted molar refractivity (Wildman–Crippen MR) is 49.1 cm³/mol. The smallest absolute Gasteiger partial charge is 0.0690 e. The number of piperidine rings is 1. The van der Waals surface area contributed by atoms with Gasteiger partial charge in [-0.3, -0.25) is 0 Å². The first-order chi connectivity index (χ1) is 6.35. The molecule has 0 spiro atoms. The highest BCUT2D eigenvalue weighted by atomic mass is 16.5. The lowest BCUT2D eigenvalue weighted by Gasteiger charge is -2.37. The minimum absolute atomic E-state index is 0.0420. The molecule has 3 heteroatoms. The maximum Gasteiger partial charge on any atom is 0.0690 e. The third kappa shape index (κ3) is 1.84. The van der Waals surface area contributed by atoms with E-state index in [4.69, 9.17) is 4.74 Å². The molecule has 1 N–H and O–H groups in total. The van der Waals surface area contributed by atoms with Gasteiger partial charge < -0.3 is 10.1 Å². The van der Waals surface area contributed by atoms with Gasteiger partial charge in [0.2, 0.25) is 0 Å². The number of nitriles is 1. The van der Waals surface area contributed by atoms with Crippen LogP contribution in [0.15, 0.2) is 0 Å². The van der Waals surface area contributed by atoms with Gasteiger partial charge in [0, 0.05) is 5.92 Å². The number of rotatable bonds is 2. The van der Waals surface area contributed by atoms with Crippen LogP contribution in [0.2, 0.25) is 0 Å². The summed E-state index contributed by atoms with van der Waals surface area (Å²) in [5.74, 6) is 0.651. The molecule has 0 aromatic heterocycles. The van der Waals surface area contributed by atoms with Gasteiger partial charge in [-0.1, -0.05) is 0 Å². The molecule has 0 aliphatic carbocycles. The van der Waals surface area contributed by atoms with E-state index in [1.165, 1.54) is 0 Å². The maximum absolute atomic E-state index is 9.19. The lowest BCUT2D eigenvalue weighted by atomic mass is 9.73. The third-order valence-electron chi connectivity index (χ3n) is 3.18. The molecular formula is C10H16N2O. The average Bonchev–Trinajstić information content (AvgIpc) is 2.13. The zero-order chi connectivity index (χ0) is 9.15. The number of ether oxygens (including phenoxy) is 1. The second-order valence-electron chi connectivity index (χ2n) is 4.25. The summed E-state index contributed by atoms with van der Waals surface area (Å²) in [6.07, 6.45) is 3.07. The van der Waals surface area contributed by atoms with Gasteiger partial charge in [-0.15, -0.1) is 0 Å². The molecule has 2 rings (SSSR count). The van der Waals surface area contributed by atoms with Gasteiger partial charge in [0.25, 0.3) is 0 Å². The molecule has 2 aliphatic rings. The summed E-state index contributed by atoms with van der Waals surface area (Å²) in [6.45, 7) is 3.75. The van der Waals surface area contributed by atoms with Gasteiger partial charge >= 0.3 is 0 Å². The molecule has 2 aliphatic heterocycles. The molecule has 2 saturated heterocycles. The van der Waals surface area contributed by atoms with Crippen molar-refractivity contribution < 1.29 is 4.74 Å². The highest BCUT2D eigenvalue weighted by molar-refractivity contribution is 5.02. The van der Waals surface area contributed by atoms with Crippen LogP contribution in [0, 0.1) is 22.7 Å². The zero-order valence-electron chi connectivity index (χ0n) is 7.88. The van der Waals surface area contributed by atoms with Crippen LogP contribution in [-0.2, 0) is 4.74 Å². The zero-order valence-corrected chi connectivity index (χ0v) is 7.88. The Labute approximate surface area is 79.1 Å². The largest absolute Gasteiger partial charge is 0.381 e. The Morgan fingerprint density at radius 2 is 2.08 bits per heavy atom. The standard InChI is InChI=1S/C10H16N2O/c11-8-10(1-3-12-4-2-10)5-9-6-13-7-9/h9,12H,1-7H2. The van der Waals surface area contributed by atoms with E-state index in [2.05, 4.69) is 11.4 Å². The van der Waals surface area contributed by atoms with E-state index < -0.39 is 0 Å². The first-order valence-corrected chi connectivity index (χ1v) is 5.04. The summed E-state index contributed by atoms with van der Waals surface area (Å²) in [7, 11) is 0. The SMILES string of the molecule is N#CC1(CC2COC2)CCNCC1. The van der Waals surface area contributed by atoms with Crippen LogP contribution < -0.4 is 5.32 Å². The van der Waals surface area contributed by atoms with E-state index in [1.807, 2.05) is 0 Å². The molecule has 0 amide bonds. The molecule has 13 heavy (non-hydrogen) atoms. The van der Waals surface area contributed by atoms with E-state index in [1.54, 1.807) is 0 Å². The van der Waals surface area contributed by atoms with Crippen LogP contribution in [0.1, 0.15) is 19.3 Å². The van der Waals surface area contributed by atoms with Crippen molar-refractivity contribution in [3.63, 3.8) is 0 Å². The van der Waals surface area contributed by atoms with E-state index in [0.29, 0.717) is 5.92 Å². The highest BCUT2D eigenvalue weighted by Gasteiger charge is 2.36. The summed E-state index contributed by atoms with van der Waals surface area (Å²) in [5.41, 5.74) is -0.0420. The Balaban J connectivity index is 1.93. The van der Waals surface area contributed by atoms with Crippen molar-refractivity contribution in [1.82, 2.24) is 5.32 Å². The van der Waals surface area contributed by atoms with Crippen molar-refractivity contribution in [1.29, 1.82) is 5.26 Å². The Kier molecular flexibility index (Phi) is 2.52. The van der Waals surface area contributed by atoms with Crippen LogP contribution in [0.25, 0.3) is 0 Å². The van der Waals surface area contributed by atoms with Crippen LogP contribution >= 0.6 is 0 Å². The molecule has 2 fully saturated rings. The summed E-state index contributed by atoms with van der Waals surface area (Å²) in [5, 5.41) is 12.5. The van der Waals surface area contributed by atoms with Crippen molar-refractivity contribution in [2.45, 2.75) is 19.3 Å². The minimum atomic E-state index is -0.0420. The van der Waals surface area contributed by atoms with E-state index >= 15 is 0 Å². The topological polar surface area (TPSA) is 45.0 Å². The molecule has 0 saturated carbocycles. The van der Waals surface area contributed by atoms with Gasteiger partial charge in [0.1, 0.15) is 0 Å². The predicted octanol–water partition coefficient (Wildman–Crippen LogP) is 0.916. The summed E-state index contributed by atoms with van der Waals surface area (Å²) < 4.78 is 5.14. The Morgan fingerprint density at radius 1 is 1.38 bits per heavy atom. The number of hydrogen-bond donors (Lipinski definition) is 1. The minimum Gasteiger partial charge on any atom is -0.381 e. The van der Waals surface area contributed by atoms with E-state index in [9.17, 15) is 5.26 Å². The van der Waals surface area contributed by atoms with E-state index in [-0.39, 0.29) is 5.41 Å². The fourth-order valence-electron chi connectivity index (χ4n) is 2.22. The monoisotopic (exact) mass is 180 g/mol. The molecule has 0 bridgehead atoms. The molecule has 0 radical (unpaired) electrons. The van der Waals surface area contributed by atoms with Gasteiger partial charge in [-0.05, 0) is 32.4 Å². The van der Waals surface area contributed by atoms with Gasteiger partial charge in [0.15, 0.2) is 0 Å².